The van der Waals surface area contributed by atoms with Crippen LogP contribution in [0.4, 0.5) is 5.69 Å². The lowest BCUT2D eigenvalue weighted by molar-refractivity contribution is 0.253. The molecular weight excluding hydrogens is 312 g/mol. The maximum absolute atomic E-state index is 3.75. The quantitative estimate of drug-likeness (QED) is 0.880. The standard InChI is InChI=1S/C17H27BrN2/c1-6-17(5)11-20(16(10-19-17)12(2)3)15-8-13(4)7-14(18)9-15/h7-9,12,16,19H,6,10-11H2,1-5H3. The topological polar surface area (TPSA) is 15.3 Å². The molecule has 3 heteroatoms. The van der Waals surface area contributed by atoms with Gasteiger partial charge in [-0.25, -0.2) is 0 Å². The Hall–Kier alpha value is -0.540. The van der Waals surface area contributed by atoms with Crippen molar-refractivity contribution in [2.24, 2.45) is 5.92 Å². The molecule has 0 amide bonds. The molecule has 20 heavy (non-hydrogen) atoms. The fourth-order valence-corrected chi connectivity index (χ4v) is 3.60. The predicted octanol–water partition coefficient (Wildman–Crippen LogP) is 4.36. The van der Waals surface area contributed by atoms with Crippen LogP contribution in [0.15, 0.2) is 22.7 Å². The lowest BCUT2D eigenvalue weighted by Gasteiger charge is -2.49. The van der Waals surface area contributed by atoms with Crippen LogP contribution in [0.2, 0.25) is 0 Å². The summed E-state index contributed by atoms with van der Waals surface area (Å²) in [5.41, 5.74) is 2.87. The minimum absolute atomic E-state index is 0.210. The summed E-state index contributed by atoms with van der Waals surface area (Å²) in [6.07, 6.45) is 1.15. The molecule has 1 fully saturated rings. The maximum Gasteiger partial charge on any atom is 0.0438 e. The van der Waals surface area contributed by atoms with E-state index in [1.165, 1.54) is 15.7 Å². The van der Waals surface area contributed by atoms with Crippen LogP contribution in [-0.4, -0.2) is 24.7 Å². The molecule has 0 aliphatic carbocycles. The first kappa shape index (κ1) is 15.8. The highest BCUT2D eigenvalue weighted by Gasteiger charge is 2.35. The van der Waals surface area contributed by atoms with Crippen LogP contribution < -0.4 is 10.2 Å². The molecule has 0 spiro atoms. The van der Waals surface area contributed by atoms with E-state index in [9.17, 15) is 0 Å². The Balaban J connectivity index is 2.36. The zero-order valence-corrected chi connectivity index (χ0v) is 14.9. The Labute approximate surface area is 132 Å². The Morgan fingerprint density at radius 2 is 2.10 bits per heavy atom. The van der Waals surface area contributed by atoms with E-state index < -0.39 is 0 Å². The van der Waals surface area contributed by atoms with Crippen molar-refractivity contribution in [3.63, 3.8) is 0 Å². The third-order valence-corrected chi connectivity index (χ3v) is 5.02. The second kappa shape index (κ2) is 6.07. The number of nitrogens with zero attached hydrogens (tertiary/aromatic N) is 1. The average Bonchev–Trinajstić information content (AvgIpc) is 2.37. The molecule has 1 heterocycles. The summed E-state index contributed by atoms with van der Waals surface area (Å²) < 4.78 is 1.17. The van der Waals surface area contributed by atoms with Gasteiger partial charge in [-0.1, -0.05) is 36.7 Å². The van der Waals surface area contributed by atoms with Crippen LogP contribution in [0.25, 0.3) is 0 Å². The first-order valence-electron chi connectivity index (χ1n) is 7.63. The van der Waals surface area contributed by atoms with Gasteiger partial charge in [0, 0.05) is 34.8 Å². The van der Waals surface area contributed by atoms with Crippen molar-refractivity contribution in [3.8, 4) is 0 Å². The Morgan fingerprint density at radius 1 is 1.40 bits per heavy atom. The molecule has 2 unspecified atom stereocenters. The zero-order chi connectivity index (χ0) is 14.9. The van der Waals surface area contributed by atoms with Gasteiger partial charge < -0.3 is 10.2 Å². The van der Waals surface area contributed by atoms with Crippen LogP contribution in [-0.2, 0) is 0 Å². The van der Waals surface area contributed by atoms with Crippen molar-refractivity contribution >= 4 is 21.6 Å². The number of rotatable bonds is 3. The van der Waals surface area contributed by atoms with Crippen LogP contribution in [0.1, 0.15) is 39.7 Å². The summed E-state index contributed by atoms with van der Waals surface area (Å²) in [5, 5.41) is 3.75. The average molecular weight is 339 g/mol. The van der Waals surface area contributed by atoms with Gasteiger partial charge in [0.05, 0.1) is 0 Å². The van der Waals surface area contributed by atoms with Gasteiger partial charge in [0.15, 0.2) is 0 Å². The van der Waals surface area contributed by atoms with Gasteiger partial charge in [-0.3, -0.25) is 0 Å². The molecule has 0 bridgehead atoms. The van der Waals surface area contributed by atoms with Crippen LogP contribution in [0.3, 0.4) is 0 Å². The highest BCUT2D eigenvalue weighted by Crippen LogP contribution is 2.31. The van der Waals surface area contributed by atoms with Gasteiger partial charge in [-0.05, 0) is 49.9 Å². The summed E-state index contributed by atoms with van der Waals surface area (Å²) in [7, 11) is 0. The minimum atomic E-state index is 0.210. The highest BCUT2D eigenvalue weighted by molar-refractivity contribution is 9.10. The Morgan fingerprint density at radius 3 is 2.65 bits per heavy atom. The minimum Gasteiger partial charge on any atom is -0.365 e. The van der Waals surface area contributed by atoms with Crippen molar-refractivity contribution in [2.45, 2.75) is 52.6 Å². The molecule has 2 rings (SSSR count). The molecule has 1 aliphatic rings. The van der Waals surface area contributed by atoms with E-state index in [-0.39, 0.29) is 5.54 Å². The zero-order valence-electron chi connectivity index (χ0n) is 13.3. The van der Waals surface area contributed by atoms with Crippen LogP contribution in [0.5, 0.6) is 0 Å². The monoisotopic (exact) mass is 338 g/mol. The molecule has 2 atom stereocenters. The first-order valence-corrected chi connectivity index (χ1v) is 8.43. The van der Waals surface area contributed by atoms with E-state index in [0.717, 1.165) is 19.5 Å². The summed E-state index contributed by atoms with van der Waals surface area (Å²) in [5.74, 6) is 0.642. The summed E-state index contributed by atoms with van der Waals surface area (Å²) in [6, 6.07) is 7.30. The molecule has 1 aliphatic heterocycles. The second-order valence-corrected chi connectivity index (χ2v) is 7.64. The number of halogens is 1. The Bertz CT molecular complexity index is 452. The van der Waals surface area contributed by atoms with E-state index in [2.05, 4.69) is 79.0 Å². The molecule has 1 aromatic carbocycles. The highest BCUT2D eigenvalue weighted by atomic mass is 79.9. The van der Waals surface area contributed by atoms with Crippen molar-refractivity contribution in [1.29, 1.82) is 0 Å². The maximum atomic E-state index is 3.75. The normalized spacial score (nSPS) is 27.1. The smallest absolute Gasteiger partial charge is 0.0438 e. The number of hydrogen-bond donors (Lipinski definition) is 1. The number of hydrogen-bond acceptors (Lipinski definition) is 2. The van der Waals surface area contributed by atoms with E-state index >= 15 is 0 Å². The molecule has 0 saturated carbocycles. The van der Waals surface area contributed by atoms with Crippen molar-refractivity contribution in [1.82, 2.24) is 5.32 Å². The SMILES string of the molecule is CCC1(C)CN(c2cc(C)cc(Br)c2)C(C(C)C)CN1. The predicted molar refractivity (Wildman–Crippen MR) is 91.5 cm³/mol. The number of nitrogens with one attached hydrogen (secondary N) is 1. The van der Waals surface area contributed by atoms with Gasteiger partial charge in [-0.15, -0.1) is 0 Å². The molecule has 2 nitrogen and oxygen atoms in total. The van der Waals surface area contributed by atoms with Crippen LogP contribution >= 0.6 is 15.9 Å². The van der Waals surface area contributed by atoms with E-state index in [1.54, 1.807) is 0 Å². The molecule has 0 radical (unpaired) electrons. The van der Waals surface area contributed by atoms with Crippen molar-refractivity contribution in [3.05, 3.63) is 28.2 Å². The van der Waals surface area contributed by atoms with E-state index in [0.29, 0.717) is 12.0 Å². The number of benzene rings is 1. The van der Waals surface area contributed by atoms with Gasteiger partial charge in [0.2, 0.25) is 0 Å². The van der Waals surface area contributed by atoms with Crippen molar-refractivity contribution < 1.29 is 0 Å². The van der Waals surface area contributed by atoms with Gasteiger partial charge in [-0.2, -0.15) is 0 Å². The molecular formula is C17H27BrN2. The van der Waals surface area contributed by atoms with Gasteiger partial charge in [0.25, 0.3) is 0 Å². The lowest BCUT2D eigenvalue weighted by atomic mass is 9.89. The van der Waals surface area contributed by atoms with E-state index in [1.807, 2.05) is 0 Å². The van der Waals surface area contributed by atoms with E-state index in [4.69, 9.17) is 0 Å². The summed E-state index contributed by atoms with van der Waals surface area (Å²) in [6.45, 7) is 13.5. The third kappa shape index (κ3) is 3.37. The van der Waals surface area contributed by atoms with Crippen LogP contribution in [0, 0.1) is 12.8 Å². The molecule has 0 aromatic heterocycles. The molecule has 1 aromatic rings. The fraction of sp³-hybridized carbons (Fsp3) is 0.647. The first-order chi connectivity index (χ1) is 9.34. The molecule has 1 saturated heterocycles. The Kier molecular flexibility index (Phi) is 4.80. The second-order valence-electron chi connectivity index (χ2n) is 6.72. The number of anilines is 1. The summed E-state index contributed by atoms with van der Waals surface area (Å²) >= 11 is 3.64. The molecule has 1 N–H and O–H groups in total. The largest absolute Gasteiger partial charge is 0.365 e. The fourth-order valence-electron chi connectivity index (χ4n) is 3.01. The molecule has 112 valence electrons. The summed E-state index contributed by atoms with van der Waals surface area (Å²) in [4.78, 5) is 2.60. The third-order valence-electron chi connectivity index (χ3n) is 4.57. The number of piperazine rings is 1. The van der Waals surface area contributed by atoms with Crippen molar-refractivity contribution in [2.75, 3.05) is 18.0 Å². The lowest BCUT2D eigenvalue weighted by Crippen LogP contribution is -2.64. The van der Waals surface area contributed by atoms with Gasteiger partial charge >= 0.3 is 0 Å². The van der Waals surface area contributed by atoms with Gasteiger partial charge in [0.1, 0.15) is 0 Å². The number of aryl methyl sites for hydroxylation is 1.